The highest BCUT2D eigenvalue weighted by Gasteiger charge is 2.22. The number of hydrogen-bond donors (Lipinski definition) is 2. The third kappa shape index (κ3) is 2.21. The maximum absolute atomic E-state index is 13.4. The Morgan fingerprint density at radius 3 is 2.47 bits per heavy atom. The maximum atomic E-state index is 13.4. The molecule has 0 atom stereocenters. The zero-order chi connectivity index (χ0) is 11.6. The van der Waals surface area contributed by atoms with Crippen LogP contribution in [0.25, 0.3) is 0 Å². The molecule has 6 heteroatoms. The summed E-state index contributed by atoms with van der Waals surface area (Å²) in [7, 11) is 0. The van der Waals surface area contributed by atoms with E-state index in [0.717, 1.165) is 6.07 Å². The average molecular weight is 277 g/mol. The first-order valence-corrected chi connectivity index (χ1v) is 4.63. The number of carboxylic acid groups (broad SMARTS) is 1. The van der Waals surface area contributed by atoms with Crippen molar-refractivity contribution < 1.29 is 24.2 Å². The van der Waals surface area contributed by atoms with Gasteiger partial charge in [-0.15, -0.1) is 0 Å². The zero-order valence-electron chi connectivity index (χ0n) is 7.33. The summed E-state index contributed by atoms with van der Waals surface area (Å²) in [4.78, 5) is 21.8. The first-order valence-electron chi connectivity index (χ1n) is 3.84. The predicted molar refractivity (Wildman–Crippen MR) is 52.5 cm³/mol. The van der Waals surface area contributed by atoms with E-state index >= 15 is 0 Å². The van der Waals surface area contributed by atoms with E-state index in [2.05, 4.69) is 15.9 Å². The van der Waals surface area contributed by atoms with Crippen molar-refractivity contribution in [2.75, 3.05) is 6.61 Å². The van der Waals surface area contributed by atoms with Crippen molar-refractivity contribution in [1.82, 2.24) is 0 Å². The minimum Gasteiger partial charge on any atom is -0.478 e. The molecule has 0 spiro atoms. The molecule has 0 heterocycles. The van der Waals surface area contributed by atoms with Crippen LogP contribution in [0.3, 0.4) is 0 Å². The molecule has 15 heavy (non-hydrogen) atoms. The highest BCUT2D eigenvalue weighted by Crippen LogP contribution is 2.22. The highest BCUT2D eigenvalue weighted by atomic mass is 79.9. The van der Waals surface area contributed by atoms with E-state index in [1.807, 2.05) is 0 Å². The molecule has 1 aromatic rings. The number of carbonyl (C=O) groups is 2. The molecule has 0 aliphatic rings. The molecule has 0 saturated carbocycles. The van der Waals surface area contributed by atoms with Gasteiger partial charge in [-0.3, -0.25) is 4.79 Å². The normalized spacial score (nSPS) is 10.1. The summed E-state index contributed by atoms with van der Waals surface area (Å²) in [5, 5.41) is 17.3. The Hall–Kier alpha value is -1.27. The van der Waals surface area contributed by atoms with Crippen LogP contribution >= 0.6 is 15.9 Å². The number of aliphatic hydroxyl groups is 1. The number of hydrogen-bond acceptors (Lipinski definition) is 3. The number of aromatic carboxylic acids is 1. The summed E-state index contributed by atoms with van der Waals surface area (Å²) >= 11 is 2.83. The van der Waals surface area contributed by atoms with Crippen molar-refractivity contribution in [1.29, 1.82) is 0 Å². The van der Waals surface area contributed by atoms with Crippen molar-refractivity contribution in [3.05, 3.63) is 33.5 Å². The van der Waals surface area contributed by atoms with Gasteiger partial charge in [0.05, 0.1) is 15.6 Å². The Kier molecular flexibility index (Phi) is 3.54. The van der Waals surface area contributed by atoms with Gasteiger partial charge in [0.1, 0.15) is 12.4 Å². The smallest absolute Gasteiger partial charge is 0.336 e. The third-order valence-electron chi connectivity index (χ3n) is 1.75. The fourth-order valence-corrected chi connectivity index (χ4v) is 1.41. The van der Waals surface area contributed by atoms with E-state index in [4.69, 9.17) is 10.2 Å². The van der Waals surface area contributed by atoms with Gasteiger partial charge in [0.15, 0.2) is 5.78 Å². The maximum Gasteiger partial charge on any atom is 0.336 e. The molecule has 0 aliphatic heterocycles. The minimum atomic E-state index is -1.42. The van der Waals surface area contributed by atoms with E-state index < -0.39 is 35.3 Å². The molecule has 1 rings (SSSR count). The van der Waals surface area contributed by atoms with Gasteiger partial charge < -0.3 is 10.2 Å². The third-order valence-corrected chi connectivity index (χ3v) is 2.36. The van der Waals surface area contributed by atoms with E-state index in [1.165, 1.54) is 6.07 Å². The largest absolute Gasteiger partial charge is 0.478 e. The second-order valence-corrected chi connectivity index (χ2v) is 3.52. The van der Waals surface area contributed by atoms with Gasteiger partial charge in [-0.2, -0.15) is 0 Å². The number of rotatable bonds is 3. The summed E-state index contributed by atoms with van der Waals surface area (Å²) in [6.07, 6.45) is 0. The summed E-state index contributed by atoms with van der Waals surface area (Å²) in [5.74, 6) is -3.36. The first-order chi connectivity index (χ1) is 6.99. The molecule has 0 bridgehead atoms. The molecular formula is C9H6BrFO4. The molecule has 0 aromatic heterocycles. The van der Waals surface area contributed by atoms with Crippen LogP contribution in [0.15, 0.2) is 16.6 Å². The summed E-state index contributed by atoms with van der Waals surface area (Å²) in [6, 6.07) is 2.28. The molecule has 1 aromatic carbocycles. The van der Waals surface area contributed by atoms with Crippen molar-refractivity contribution in [2.24, 2.45) is 0 Å². The lowest BCUT2D eigenvalue weighted by atomic mass is 10.0. The van der Waals surface area contributed by atoms with E-state index in [0.29, 0.717) is 0 Å². The van der Waals surface area contributed by atoms with Crippen LogP contribution in [0.1, 0.15) is 20.7 Å². The molecule has 0 saturated heterocycles. The van der Waals surface area contributed by atoms with Crippen LogP contribution in [0.2, 0.25) is 0 Å². The molecule has 4 nitrogen and oxygen atoms in total. The van der Waals surface area contributed by atoms with Crippen molar-refractivity contribution in [3.8, 4) is 0 Å². The molecule has 80 valence electrons. The van der Waals surface area contributed by atoms with Crippen LogP contribution in [-0.4, -0.2) is 28.6 Å². The molecule has 0 unspecified atom stereocenters. The lowest BCUT2D eigenvalue weighted by Gasteiger charge is -2.06. The van der Waals surface area contributed by atoms with Crippen LogP contribution in [-0.2, 0) is 0 Å². The van der Waals surface area contributed by atoms with Gasteiger partial charge in [0.25, 0.3) is 0 Å². The Bertz CT molecular complexity index is 430. The Morgan fingerprint density at radius 2 is 2.00 bits per heavy atom. The molecule has 0 aliphatic carbocycles. The quantitative estimate of drug-likeness (QED) is 0.820. The summed E-state index contributed by atoms with van der Waals surface area (Å²) in [6.45, 7) is -0.937. The van der Waals surface area contributed by atoms with Gasteiger partial charge in [-0.05, 0) is 28.1 Å². The SMILES string of the molecule is O=C(O)c1ccc(Br)c(F)c1C(=O)CO. The Morgan fingerprint density at radius 1 is 1.40 bits per heavy atom. The Labute approximate surface area is 92.5 Å². The summed E-state index contributed by atoms with van der Waals surface area (Å²) in [5.41, 5.74) is -1.07. The second kappa shape index (κ2) is 4.50. The van der Waals surface area contributed by atoms with Crippen LogP contribution < -0.4 is 0 Å². The van der Waals surface area contributed by atoms with Gasteiger partial charge >= 0.3 is 5.97 Å². The topological polar surface area (TPSA) is 74.6 Å². The molecule has 2 N–H and O–H groups in total. The fraction of sp³-hybridized carbons (Fsp3) is 0.111. The molecule has 0 amide bonds. The average Bonchev–Trinajstić information content (AvgIpc) is 2.20. The van der Waals surface area contributed by atoms with Crippen molar-refractivity contribution in [2.45, 2.75) is 0 Å². The minimum absolute atomic E-state index is 0.0238. The molecule has 0 fully saturated rings. The number of carbonyl (C=O) groups excluding carboxylic acids is 1. The standard InChI is InChI=1S/C9H6BrFO4/c10-5-2-1-4(9(14)15)7(8(5)11)6(13)3-12/h1-2,12H,3H2,(H,14,15). The number of aliphatic hydroxyl groups excluding tert-OH is 1. The summed E-state index contributed by atoms with van der Waals surface area (Å²) < 4.78 is 13.4. The van der Waals surface area contributed by atoms with Gasteiger partial charge in [0, 0.05) is 0 Å². The van der Waals surface area contributed by atoms with Gasteiger partial charge in [0.2, 0.25) is 0 Å². The zero-order valence-corrected chi connectivity index (χ0v) is 8.91. The van der Waals surface area contributed by atoms with E-state index in [-0.39, 0.29) is 4.47 Å². The van der Waals surface area contributed by atoms with E-state index in [1.54, 1.807) is 0 Å². The highest BCUT2D eigenvalue weighted by molar-refractivity contribution is 9.10. The predicted octanol–water partition coefficient (Wildman–Crippen LogP) is 1.46. The van der Waals surface area contributed by atoms with Crippen LogP contribution in [0, 0.1) is 5.82 Å². The molecule has 0 radical (unpaired) electrons. The number of benzene rings is 1. The first kappa shape index (κ1) is 11.8. The lowest BCUT2D eigenvalue weighted by Crippen LogP contribution is -2.14. The number of ketones is 1. The Balaban J connectivity index is 3.48. The van der Waals surface area contributed by atoms with Gasteiger partial charge in [-0.1, -0.05) is 0 Å². The fourth-order valence-electron chi connectivity index (χ4n) is 1.08. The number of Topliss-reactive ketones (excluding diaryl/α,β-unsaturated/α-hetero) is 1. The lowest BCUT2D eigenvalue weighted by molar-refractivity contribution is 0.0689. The van der Waals surface area contributed by atoms with Crippen LogP contribution in [0.4, 0.5) is 4.39 Å². The monoisotopic (exact) mass is 276 g/mol. The van der Waals surface area contributed by atoms with Crippen LogP contribution in [0.5, 0.6) is 0 Å². The van der Waals surface area contributed by atoms with Crippen molar-refractivity contribution in [3.63, 3.8) is 0 Å². The molecular weight excluding hydrogens is 271 g/mol. The second-order valence-electron chi connectivity index (χ2n) is 2.67. The number of carboxylic acids is 1. The van der Waals surface area contributed by atoms with Crippen molar-refractivity contribution >= 4 is 27.7 Å². The van der Waals surface area contributed by atoms with E-state index in [9.17, 15) is 14.0 Å². The number of halogens is 2. The van der Waals surface area contributed by atoms with Gasteiger partial charge in [-0.25, -0.2) is 9.18 Å².